The molecule has 49 heavy (non-hydrogen) atoms. The van der Waals surface area contributed by atoms with Gasteiger partial charge in [-0.25, -0.2) is 4.98 Å². The van der Waals surface area contributed by atoms with Crippen LogP contribution in [0.25, 0.3) is 49.8 Å². The molecule has 0 bridgehead atoms. The van der Waals surface area contributed by atoms with Crippen molar-refractivity contribution in [2.24, 2.45) is 6.98 Å². The van der Waals surface area contributed by atoms with Gasteiger partial charge in [0.2, 0.25) is 0 Å². The number of ether oxygens (including phenoxy) is 1. The summed E-state index contributed by atoms with van der Waals surface area (Å²) in [5.74, 6) is 1.74. The Bertz CT molecular complexity index is 2840. The molecule has 0 aliphatic heterocycles. The number of imidazole rings is 1. The molecule has 0 saturated carbocycles. The summed E-state index contributed by atoms with van der Waals surface area (Å²) in [6.45, 7) is -2.51. The average molecular weight is 824 g/mol. The number of rotatable bonds is 5. The van der Waals surface area contributed by atoms with Gasteiger partial charge in [-0.15, -0.1) is 0 Å². The van der Waals surface area contributed by atoms with Gasteiger partial charge in [0.05, 0.1) is 0 Å². The summed E-state index contributed by atoms with van der Waals surface area (Å²) in [6.07, 6.45) is 3.40. The summed E-state index contributed by atoms with van der Waals surface area (Å²) in [5, 5.41) is 1.90. The van der Waals surface area contributed by atoms with Crippen molar-refractivity contribution in [2.75, 3.05) is 0 Å². The Morgan fingerprint density at radius 2 is 1.57 bits per heavy atom. The predicted molar refractivity (Wildman–Crippen MR) is 193 cm³/mol. The molecule has 1 aliphatic rings. The van der Waals surface area contributed by atoms with Gasteiger partial charge in [0.1, 0.15) is 0 Å². The second-order valence-corrected chi connectivity index (χ2v) is 13.6. The van der Waals surface area contributed by atoms with Crippen LogP contribution in [-0.4, -0.2) is 18.7 Å². The van der Waals surface area contributed by atoms with E-state index in [9.17, 15) is 0 Å². The average Bonchev–Trinajstić information content (AvgIpc) is 3.66. The van der Waals surface area contributed by atoms with E-state index >= 15 is 0 Å². The van der Waals surface area contributed by atoms with E-state index in [4.69, 9.17) is 17.9 Å². The van der Waals surface area contributed by atoms with Gasteiger partial charge in [-0.2, -0.15) is 0 Å². The van der Waals surface area contributed by atoms with Gasteiger partial charge in [-0.3, -0.25) is 0 Å². The number of aromatic nitrogens is 4. The van der Waals surface area contributed by atoms with Crippen LogP contribution in [0.15, 0.2) is 115 Å². The minimum absolute atomic E-state index is 0.151. The fourth-order valence-electron chi connectivity index (χ4n) is 7.37. The van der Waals surface area contributed by atoms with Gasteiger partial charge in [0, 0.05) is 15.9 Å². The minimum Gasteiger partial charge on any atom is -0.238 e. The molecule has 0 spiro atoms. The van der Waals surface area contributed by atoms with Crippen LogP contribution < -0.4 is 4.74 Å². The first-order valence-corrected chi connectivity index (χ1v) is 17.5. The van der Waals surface area contributed by atoms with Crippen LogP contribution in [0.2, 0.25) is 0 Å². The van der Waals surface area contributed by atoms with Crippen molar-refractivity contribution in [2.45, 2.75) is 38.6 Å². The summed E-state index contributed by atoms with van der Waals surface area (Å²) in [6, 6.07) is 41.5. The fraction of sp³-hybridized carbons (Fsp3) is 0.163. The molecule has 6 heteroatoms. The number of nitrogens with zero attached hydrogens (tertiary/aromatic N) is 4. The quantitative estimate of drug-likeness (QED) is 0.162. The van der Waals surface area contributed by atoms with Crippen LogP contribution in [0.4, 0.5) is 0 Å². The number of aryl methyl sites for hydroxylation is 2. The predicted octanol–water partition coefficient (Wildman–Crippen LogP) is 10.4. The van der Waals surface area contributed by atoms with E-state index < -0.39 is 13.8 Å². The fourth-order valence-corrected chi connectivity index (χ4v) is 8.27. The number of pyridine rings is 1. The van der Waals surface area contributed by atoms with Crippen molar-refractivity contribution in [3.05, 3.63) is 148 Å². The van der Waals surface area contributed by atoms with Crippen LogP contribution >= 0.6 is 0 Å². The van der Waals surface area contributed by atoms with Gasteiger partial charge in [-0.1, -0.05) is 48.5 Å². The molecule has 2 atom stereocenters. The smallest absolute Gasteiger partial charge is 0.238 e. The minimum atomic E-state index is -2.38. The summed E-state index contributed by atoms with van der Waals surface area (Å²) in [7, 11) is 0. The van der Waals surface area contributed by atoms with Crippen molar-refractivity contribution in [1.82, 2.24) is 18.7 Å². The molecule has 3 heterocycles. The number of benzene rings is 5. The molecule has 5 aromatic carbocycles. The first-order valence-electron chi connectivity index (χ1n) is 19.3. The standard InChI is InChI=1S/C43H34N4O.Pt/c1-28-17-22-38(46-27-45(3)40-15-9-10-16-41(40)46)36-24-31(18-20-33(28)36)48-32-19-21-35-34-13-7-8-14-39(34)47(42(35)25-32)43-23-29(2)37(26-44-43)30-11-5-4-6-12-30;/h4-16,18-21,23,26,28,38H,17,22H2,1-3H3;/q-2;/i2D3,3D3;. The summed E-state index contributed by atoms with van der Waals surface area (Å²) in [5.41, 5.74) is 6.77. The van der Waals surface area contributed by atoms with Crippen LogP contribution in [0.1, 0.15) is 56.6 Å². The van der Waals surface area contributed by atoms with E-state index in [2.05, 4.69) is 49.0 Å². The summed E-state index contributed by atoms with van der Waals surface area (Å²) >= 11 is 2.14. The zero-order chi connectivity index (χ0) is 38.2. The molecular weight excluding hydrogens is 784 g/mol. The van der Waals surface area contributed by atoms with E-state index in [-0.39, 0.29) is 11.6 Å². The molecule has 3 aromatic heterocycles. The van der Waals surface area contributed by atoms with Crippen molar-refractivity contribution in [1.29, 1.82) is 0 Å². The normalized spacial score (nSPS) is 18.3. The molecule has 0 N–H and O–H groups in total. The third-order valence-corrected chi connectivity index (χ3v) is 10.8. The van der Waals surface area contributed by atoms with E-state index in [0.717, 1.165) is 51.3 Å². The van der Waals surface area contributed by atoms with Crippen molar-refractivity contribution in [3.63, 3.8) is 0 Å². The Morgan fingerprint density at radius 3 is 2.41 bits per heavy atom. The van der Waals surface area contributed by atoms with Gasteiger partial charge in [-0.05, 0) is 30.1 Å². The molecule has 244 valence electrons. The number of hydrogen-bond donors (Lipinski definition) is 0. The van der Waals surface area contributed by atoms with Crippen LogP contribution in [-0.2, 0) is 26.3 Å². The second-order valence-electron chi connectivity index (χ2n) is 12.6. The molecule has 9 rings (SSSR count). The Hall–Kier alpha value is -4.99. The molecule has 8 aromatic rings. The number of para-hydroxylation sites is 3. The Morgan fingerprint density at radius 1 is 0.816 bits per heavy atom. The Balaban J connectivity index is 1.15. The topological polar surface area (TPSA) is 36.9 Å². The van der Waals surface area contributed by atoms with Gasteiger partial charge in [0.25, 0.3) is 0 Å². The van der Waals surface area contributed by atoms with E-state index in [1.54, 1.807) is 12.3 Å². The first kappa shape index (κ1) is 24.2. The SMILES string of the molecule is [2H]C([2H])([2H])c1cc(-n2c3[c-]c(Oc4[c-]c5c(cc4)C(C)CCC5n4[c](=[Pt])n(C([2H])([2H])[2H])c5ccccc54)ccc3c3ccccc32)ncc1-c1ccccc1. The van der Waals surface area contributed by atoms with E-state index in [1.807, 2.05) is 102 Å². The zero-order valence-corrected chi connectivity index (χ0v) is 28.8. The molecule has 0 radical (unpaired) electrons. The monoisotopic (exact) mass is 823 g/mol. The Labute approximate surface area is 304 Å². The first-order chi connectivity index (χ1) is 26.4. The maximum atomic E-state index is 8.43. The maximum absolute atomic E-state index is 8.43. The van der Waals surface area contributed by atoms with Crippen molar-refractivity contribution < 1.29 is 32.3 Å². The molecule has 0 fully saturated rings. The Kier molecular flexibility index (Phi) is 5.85. The van der Waals surface area contributed by atoms with Crippen LogP contribution in [0.5, 0.6) is 11.5 Å². The third-order valence-electron chi connectivity index (χ3n) is 9.75. The summed E-state index contributed by atoms with van der Waals surface area (Å²) in [4.78, 5) is 4.83. The van der Waals surface area contributed by atoms with Crippen molar-refractivity contribution >= 4 is 32.8 Å². The van der Waals surface area contributed by atoms with Crippen LogP contribution in [0.3, 0.4) is 0 Å². The van der Waals surface area contributed by atoms with Gasteiger partial charge in [0.15, 0.2) is 0 Å². The van der Waals surface area contributed by atoms with Crippen LogP contribution in [0, 0.1) is 22.8 Å². The van der Waals surface area contributed by atoms with Gasteiger partial charge < -0.3 is 0 Å². The molecule has 0 saturated heterocycles. The summed E-state index contributed by atoms with van der Waals surface area (Å²) < 4.78 is 63.0. The number of hydrogen-bond acceptors (Lipinski definition) is 2. The van der Waals surface area contributed by atoms with Crippen molar-refractivity contribution in [3.8, 4) is 28.4 Å². The van der Waals surface area contributed by atoms with E-state index in [1.165, 1.54) is 4.57 Å². The molecule has 2 unspecified atom stereocenters. The van der Waals surface area contributed by atoms with Gasteiger partial charge >= 0.3 is 206 Å². The van der Waals surface area contributed by atoms with E-state index in [0.29, 0.717) is 43.6 Å². The zero-order valence-electron chi connectivity index (χ0n) is 32.6. The third kappa shape index (κ3) is 4.94. The number of fused-ring (bicyclic) bond motifs is 5. The molecule has 0 amide bonds. The molecular formula is C43H34N4OPt-2. The molecule has 5 nitrogen and oxygen atoms in total. The molecule has 1 aliphatic carbocycles. The second kappa shape index (κ2) is 11.9.